The van der Waals surface area contributed by atoms with Gasteiger partial charge in [0.1, 0.15) is 17.8 Å². The molecule has 5 rings (SSSR count). The molecule has 1 aliphatic heterocycles. The molecule has 170 valence electrons. The first-order valence-electron chi connectivity index (χ1n) is 11.6. The summed E-state index contributed by atoms with van der Waals surface area (Å²) >= 11 is 0. The molecule has 2 aliphatic rings. The second-order valence-electron chi connectivity index (χ2n) is 9.39. The quantitative estimate of drug-likeness (QED) is 0.620. The Bertz CT molecular complexity index is 1180. The van der Waals surface area contributed by atoms with Gasteiger partial charge in [-0.3, -0.25) is 0 Å². The summed E-state index contributed by atoms with van der Waals surface area (Å²) in [4.78, 5) is 29.0. The van der Waals surface area contributed by atoms with Crippen molar-refractivity contribution in [1.82, 2.24) is 19.9 Å². The van der Waals surface area contributed by atoms with Crippen LogP contribution < -0.4 is 10.2 Å². The minimum Gasteiger partial charge on any atom is -0.356 e. The molecule has 2 N–H and O–H groups in total. The van der Waals surface area contributed by atoms with Crippen molar-refractivity contribution in [3.8, 4) is 6.07 Å². The Morgan fingerprint density at radius 2 is 2.00 bits per heavy atom. The summed E-state index contributed by atoms with van der Waals surface area (Å²) in [6, 6.07) is 11.6. The number of hydrogen-bond acceptors (Lipinski definition) is 5. The number of nitriles is 1. The monoisotopic (exact) mass is 443 g/mol. The molecule has 2 aromatic heterocycles. The maximum Gasteiger partial charge on any atom is 0.321 e. The molecule has 33 heavy (non-hydrogen) atoms. The SMILES string of the molecule is CN(c1ncnc2[nH]ccc12)C1CCC2(CC1)CCN(C(=O)Nc1cccc(C#N)c1)CC2. The lowest BCUT2D eigenvalue weighted by molar-refractivity contribution is 0.0786. The number of anilines is 2. The van der Waals surface area contributed by atoms with Gasteiger partial charge >= 0.3 is 6.03 Å². The average Bonchev–Trinajstić information content (AvgIpc) is 3.34. The Morgan fingerprint density at radius 3 is 2.76 bits per heavy atom. The number of piperidine rings is 1. The van der Waals surface area contributed by atoms with Gasteiger partial charge in [-0.15, -0.1) is 0 Å². The van der Waals surface area contributed by atoms with Crippen LogP contribution in [0.15, 0.2) is 42.9 Å². The molecule has 3 heterocycles. The second-order valence-corrected chi connectivity index (χ2v) is 9.39. The summed E-state index contributed by atoms with van der Waals surface area (Å²) in [5, 5.41) is 13.1. The molecule has 0 radical (unpaired) electrons. The molecule has 1 saturated heterocycles. The highest BCUT2D eigenvalue weighted by Gasteiger charge is 2.40. The van der Waals surface area contributed by atoms with Crippen LogP contribution in [0.25, 0.3) is 11.0 Å². The fourth-order valence-corrected chi connectivity index (χ4v) is 5.47. The molecule has 2 fully saturated rings. The maximum absolute atomic E-state index is 12.7. The number of likely N-dealkylation sites (tertiary alicyclic amines) is 1. The van der Waals surface area contributed by atoms with E-state index in [0.29, 0.717) is 22.7 Å². The first kappa shape index (κ1) is 21.3. The summed E-state index contributed by atoms with van der Waals surface area (Å²) in [6.07, 6.45) is 10.3. The van der Waals surface area contributed by atoms with Crippen LogP contribution in [0.1, 0.15) is 44.1 Å². The van der Waals surface area contributed by atoms with E-state index in [4.69, 9.17) is 5.26 Å². The molecular weight excluding hydrogens is 414 g/mol. The summed E-state index contributed by atoms with van der Waals surface area (Å²) in [7, 11) is 2.14. The lowest BCUT2D eigenvalue weighted by Gasteiger charge is -2.47. The van der Waals surface area contributed by atoms with Gasteiger partial charge in [-0.1, -0.05) is 6.07 Å². The smallest absolute Gasteiger partial charge is 0.321 e. The Balaban J connectivity index is 1.16. The predicted molar refractivity (Wildman–Crippen MR) is 128 cm³/mol. The van der Waals surface area contributed by atoms with Gasteiger partial charge in [0.05, 0.1) is 17.0 Å². The van der Waals surface area contributed by atoms with E-state index in [9.17, 15) is 4.79 Å². The van der Waals surface area contributed by atoms with Gasteiger partial charge in [0, 0.05) is 38.1 Å². The van der Waals surface area contributed by atoms with Gasteiger partial charge in [-0.2, -0.15) is 5.26 Å². The van der Waals surface area contributed by atoms with E-state index in [1.54, 1.807) is 24.5 Å². The van der Waals surface area contributed by atoms with Crippen LogP contribution in [0.3, 0.4) is 0 Å². The Morgan fingerprint density at radius 1 is 1.21 bits per heavy atom. The highest BCUT2D eigenvalue weighted by Crippen LogP contribution is 2.46. The molecule has 1 saturated carbocycles. The number of aromatic amines is 1. The van der Waals surface area contributed by atoms with Crippen LogP contribution >= 0.6 is 0 Å². The fraction of sp³-hybridized carbons (Fsp3) is 0.440. The zero-order chi connectivity index (χ0) is 22.8. The number of nitrogens with zero attached hydrogens (tertiary/aromatic N) is 5. The zero-order valence-electron chi connectivity index (χ0n) is 18.9. The molecule has 1 aliphatic carbocycles. The largest absolute Gasteiger partial charge is 0.356 e. The van der Waals surface area contributed by atoms with E-state index in [1.165, 1.54) is 12.8 Å². The van der Waals surface area contributed by atoms with E-state index in [2.05, 4.69) is 38.3 Å². The van der Waals surface area contributed by atoms with Gasteiger partial charge in [0.2, 0.25) is 0 Å². The number of nitrogens with one attached hydrogen (secondary N) is 2. The zero-order valence-corrected chi connectivity index (χ0v) is 18.9. The third-order valence-electron chi connectivity index (χ3n) is 7.58. The number of carbonyl (C=O) groups excluding carboxylic acids is 1. The van der Waals surface area contributed by atoms with Crippen molar-refractivity contribution < 1.29 is 4.79 Å². The van der Waals surface area contributed by atoms with Gasteiger partial charge in [0.15, 0.2) is 0 Å². The number of fused-ring (bicyclic) bond motifs is 1. The van der Waals surface area contributed by atoms with Crippen molar-refractivity contribution in [1.29, 1.82) is 5.26 Å². The molecule has 0 unspecified atom stereocenters. The van der Waals surface area contributed by atoms with Gasteiger partial charge < -0.3 is 20.1 Å². The first-order chi connectivity index (χ1) is 16.1. The topological polar surface area (TPSA) is 101 Å². The van der Waals surface area contributed by atoms with Crippen LogP contribution in [0, 0.1) is 16.7 Å². The molecule has 8 nitrogen and oxygen atoms in total. The number of hydrogen-bond donors (Lipinski definition) is 2. The standard InChI is InChI=1S/C25H29N7O/c1-31(23-21-7-12-27-22(21)28-17-29-23)20-5-8-25(9-6-20)10-13-32(14-11-25)24(33)30-19-4-2-3-18(15-19)16-26/h2-4,7,12,15,17,20H,5-6,8-11,13-14H2,1H3,(H,30,33)(H,27,28,29). The van der Waals surface area contributed by atoms with Crippen molar-refractivity contribution >= 4 is 28.6 Å². The predicted octanol–water partition coefficient (Wildman–Crippen LogP) is 4.52. The molecule has 1 aromatic carbocycles. The molecular formula is C25H29N7O. The maximum atomic E-state index is 12.7. The van der Waals surface area contributed by atoms with Gasteiger partial charge in [-0.25, -0.2) is 14.8 Å². The number of benzene rings is 1. The van der Waals surface area contributed by atoms with Crippen LogP contribution in [0.4, 0.5) is 16.3 Å². The minimum atomic E-state index is -0.0763. The summed E-state index contributed by atoms with van der Waals surface area (Å²) < 4.78 is 0. The van der Waals surface area contributed by atoms with E-state index >= 15 is 0 Å². The van der Waals surface area contributed by atoms with E-state index in [-0.39, 0.29) is 6.03 Å². The molecule has 0 bridgehead atoms. The van der Waals surface area contributed by atoms with E-state index in [0.717, 1.165) is 55.6 Å². The van der Waals surface area contributed by atoms with Crippen LogP contribution in [0.2, 0.25) is 0 Å². The van der Waals surface area contributed by atoms with Crippen LogP contribution in [0.5, 0.6) is 0 Å². The van der Waals surface area contributed by atoms with Crippen LogP contribution in [-0.4, -0.2) is 52.1 Å². The number of H-pyrrole nitrogens is 1. The molecule has 2 amide bonds. The van der Waals surface area contributed by atoms with Gasteiger partial charge in [-0.05, 0) is 68.2 Å². The third-order valence-corrected chi connectivity index (χ3v) is 7.58. The average molecular weight is 444 g/mol. The van der Waals surface area contributed by atoms with E-state index < -0.39 is 0 Å². The van der Waals surface area contributed by atoms with Crippen molar-refractivity contribution in [2.45, 2.75) is 44.6 Å². The highest BCUT2D eigenvalue weighted by atomic mass is 16.2. The first-order valence-corrected chi connectivity index (χ1v) is 11.6. The highest BCUT2D eigenvalue weighted by molar-refractivity contribution is 5.89. The summed E-state index contributed by atoms with van der Waals surface area (Å²) in [6.45, 7) is 1.56. The molecule has 3 aromatic rings. The lowest BCUT2D eigenvalue weighted by atomic mass is 9.67. The molecule has 8 heteroatoms. The Labute approximate surface area is 193 Å². The van der Waals surface area contributed by atoms with Crippen molar-refractivity contribution in [2.24, 2.45) is 5.41 Å². The van der Waals surface area contributed by atoms with Crippen LogP contribution in [-0.2, 0) is 0 Å². The van der Waals surface area contributed by atoms with Crippen molar-refractivity contribution in [3.63, 3.8) is 0 Å². The normalized spacial score (nSPS) is 18.2. The Kier molecular flexibility index (Phi) is 5.63. The number of urea groups is 1. The number of aromatic nitrogens is 3. The van der Waals surface area contributed by atoms with Crippen molar-refractivity contribution in [2.75, 3.05) is 30.4 Å². The minimum absolute atomic E-state index is 0.0763. The fourth-order valence-electron chi connectivity index (χ4n) is 5.47. The third kappa shape index (κ3) is 4.23. The summed E-state index contributed by atoms with van der Waals surface area (Å²) in [5.74, 6) is 0.995. The second kappa shape index (κ2) is 8.74. The Hall–Kier alpha value is -3.60. The summed E-state index contributed by atoms with van der Waals surface area (Å²) in [5.41, 5.74) is 2.43. The number of carbonyl (C=O) groups is 1. The lowest BCUT2D eigenvalue weighted by Crippen LogP contribution is -2.47. The number of amides is 2. The van der Waals surface area contributed by atoms with Gasteiger partial charge in [0.25, 0.3) is 0 Å². The van der Waals surface area contributed by atoms with Crippen molar-refractivity contribution in [3.05, 3.63) is 48.4 Å². The van der Waals surface area contributed by atoms with E-state index in [1.807, 2.05) is 23.2 Å². The molecule has 0 atom stereocenters. The number of rotatable bonds is 3. The molecule has 1 spiro atoms.